The number of nitrogens with two attached hydrogens (primary N) is 1. The number of hydrogen-bond donors (Lipinski definition) is 1. The van der Waals surface area contributed by atoms with E-state index in [9.17, 15) is 4.39 Å². The Labute approximate surface area is 124 Å². The molecule has 1 fully saturated rings. The van der Waals surface area contributed by atoms with Crippen molar-refractivity contribution >= 4 is 5.82 Å². The van der Waals surface area contributed by atoms with Gasteiger partial charge in [-0.2, -0.15) is 0 Å². The van der Waals surface area contributed by atoms with E-state index in [1.807, 2.05) is 24.3 Å². The van der Waals surface area contributed by atoms with E-state index < -0.39 is 0 Å². The third-order valence-corrected chi connectivity index (χ3v) is 3.91. The van der Waals surface area contributed by atoms with Crippen molar-refractivity contribution < 1.29 is 9.13 Å². The number of pyridine rings is 1. The molecule has 1 heterocycles. The first-order valence-electron chi connectivity index (χ1n) is 7.40. The van der Waals surface area contributed by atoms with E-state index in [1.165, 1.54) is 25.3 Å². The molecule has 1 saturated carbocycles. The molecule has 110 valence electrons. The Balaban J connectivity index is 1.75. The lowest BCUT2D eigenvalue weighted by Gasteiger charge is -2.23. The summed E-state index contributed by atoms with van der Waals surface area (Å²) in [5.74, 6) is 0.799. The summed E-state index contributed by atoms with van der Waals surface area (Å²) in [6.45, 7) is 0. The number of benzene rings is 1. The molecule has 3 rings (SSSR count). The van der Waals surface area contributed by atoms with Gasteiger partial charge in [-0.3, -0.25) is 0 Å². The van der Waals surface area contributed by atoms with Gasteiger partial charge >= 0.3 is 0 Å². The zero-order valence-electron chi connectivity index (χ0n) is 11.9. The van der Waals surface area contributed by atoms with Crippen molar-refractivity contribution in [2.45, 2.75) is 38.2 Å². The number of nitrogen functional groups attached to an aromatic ring is 1. The normalized spacial score (nSPS) is 15.9. The van der Waals surface area contributed by atoms with Crippen LogP contribution in [0.5, 0.6) is 5.75 Å². The van der Waals surface area contributed by atoms with E-state index in [-0.39, 0.29) is 5.82 Å². The number of anilines is 1. The van der Waals surface area contributed by atoms with E-state index in [0.29, 0.717) is 17.5 Å². The highest BCUT2D eigenvalue weighted by Gasteiger charge is 2.15. The average Bonchev–Trinajstić information content (AvgIpc) is 2.52. The summed E-state index contributed by atoms with van der Waals surface area (Å²) in [5.41, 5.74) is 7.25. The van der Waals surface area contributed by atoms with E-state index in [0.717, 1.165) is 30.4 Å². The van der Waals surface area contributed by atoms with Gasteiger partial charge in [0.15, 0.2) is 0 Å². The Morgan fingerprint density at radius 3 is 2.52 bits per heavy atom. The summed E-state index contributed by atoms with van der Waals surface area (Å²) in [5, 5.41) is 0. The third-order valence-electron chi connectivity index (χ3n) is 3.91. The minimum absolute atomic E-state index is 0.325. The van der Waals surface area contributed by atoms with Crippen LogP contribution in [0.3, 0.4) is 0 Å². The van der Waals surface area contributed by atoms with Crippen LogP contribution in [0.1, 0.15) is 32.1 Å². The molecule has 1 aromatic heterocycles. The van der Waals surface area contributed by atoms with Crippen LogP contribution in [0.25, 0.3) is 11.1 Å². The van der Waals surface area contributed by atoms with Gasteiger partial charge in [-0.25, -0.2) is 9.37 Å². The van der Waals surface area contributed by atoms with Crippen LogP contribution in [0, 0.1) is 5.82 Å². The van der Waals surface area contributed by atoms with Gasteiger partial charge in [0.2, 0.25) is 0 Å². The lowest BCUT2D eigenvalue weighted by atomic mass is 9.98. The molecule has 0 saturated heterocycles. The molecule has 4 heteroatoms. The molecule has 0 radical (unpaired) electrons. The molecule has 1 aliphatic rings. The van der Waals surface area contributed by atoms with Gasteiger partial charge in [0.25, 0.3) is 0 Å². The standard InChI is InChI=1S/C17H19FN2O/c18-13-10-16(17(19)20-11-13)12-6-8-15(9-7-12)21-14-4-2-1-3-5-14/h6-11,14H,1-5H2,(H2,19,20). The maximum Gasteiger partial charge on any atom is 0.142 e. The van der Waals surface area contributed by atoms with Gasteiger partial charge in [0, 0.05) is 5.56 Å². The fraction of sp³-hybridized carbons (Fsp3) is 0.353. The molecule has 0 bridgehead atoms. The van der Waals surface area contributed by atoms with Crippen molar-refractivity contribution in [2.75, 3.05) is 5.73 Å². The summed E-state index contributed by atoms with van der Waals surface area (Å²) in [6, 6.07) is 9.01. The van der Waals surface area contributed by atoms with Crippen LogP contribution < -0.4 is 10.5 Å². The number of halogens is 1. The molecule has 1 aliphatic carbocycles. The van der Waals surface area contributed by atoms with Crippen molar-refractivity contribution in [1.29, 1.82) is 0 Å². The van der Waals surface area contributed by atoms with E-state index in [1.54, 1.807) is 0 Å². The molecular formula is C17H19FN2O. The van der Waals surface area contributed by atoms with Crippen LogP contribution in [-0.4, -0.2) is 11.1 Å². The number of nitrogens with zero attached hydrogens (tertiary/aromatic N) is 1. The van der Waals surface area contributed by atoms with E-state index >= 15 is 0 Å². The Bertz CT molecular complexity index is 607. The predicted molar refractivity (Wildman–Crippen MR) is 81.5 cm³/mol. The van der Waals surface area contributed by atoms with Crippen molar-refractivity contribution in [3.05, 3.63) is 42.3 Å². The monoisotopic (exact) mass is 286 g/mol. The highest BCUT2D eigenvalue weighted by Crippen LogP contribution is 2.28. The first-order chi connectivity index (χ1) is 10.2. The summed E-state index contributed by atoms with van der Waals surface area (Å²) in [7, 11) is 0. The molecule has 2 aromatic rings. The zero-order chi connectivity index (χ0) is 14.7. The minimum Gasteiger partial charge on any atom is -0.490 e. The van der Waals surface area contributed by atoms with Gasteiger partial charge in [0.05, 0.1) is 12.3 Å². The fourth-order valence-corrected chi connectivity index (χ4v) is 2.77. The van der Waals surface area contributed by atoms with Gasteiger partial charge in [-0.05, 0) is 49.4 Å². The molecular weight excluding hydrogens is 267 g/mol. The van der Waals surface area contributed by atoms with Crippen molar-refractivity contribution in [3.8, 4) is 16.9 Å². The van der Waals surface area contributed by atoms with Crippen LogP contribution in [0.4, 0.5) is 10.2 Å². The first-order valence-corrected chi connectivity index (χ1v) is 7.40. The van der Waals surface area contributed by atoms with E-state index in [4.69, 9.17) is 10.5 Å². The van der Waals surface area contributed by atoms with Crippen molar-refractivity contribution in [2.24, 2.45) is 0 Å². The third kappa shape index (κ3) is 3.32. The highest BCUT2D eigenvalue weighted by atomic mass is 19.1. The maximum absolute atomic E-state index is 13.3. The Kier molecular flexibility index (Phi) is 4.04. The van der Waals surface area contributed by atoms with Gasteiger partial charge < -0.3 is 10.5 Å². The highest BCUT2D eigenvalue weighted by molar-refractivity contribution is 5.73. The number of rotatable bonds is 3. The maximum atomic E-state index is 13.3. The zero-order valence-corrected chi connectivity index (χ0v) is 11.9. The second-order valence-corrected chi connectivity index (χ2v) is 5.49. The summed E-state index contributed by atoms with van der Waals surface area (Å²) in [6.07, 6.45) is 7.50. The number of ether oxygens (including phenoxy) is 1. The summed E-state index contributed by atoms with van der Waals surface area (Å²) >= 11 is 0. The van der Waals surface area contributed by atoms with Crippen molar-refractivity contribution in [1.82, 2.24) is 4.98 Å². The topological polar surface area (TPSA) is 48.1 Å². The lowest BCUT2D eigenvalue weighted by molar-refractivity contribution is 0.155. The predicted octanol–water partition coefficient (Wildman–Crippen LogP) is 4.18. The molecule has 0 unspecified atom stereocenters. The second-order valence-electron chi connectivity index (χ2n) is 5.49. The molecule has 2 N–H and O–H groups in total. The summed E-state index contributed by atoms with van der Waals surface area (Å²) < 4.78 is 19.3. The first kappa shape index (κ1) is 13.9. The lowest BCUT2D eigenvalue weighted by Crippen LogP contribution is -2.19. The molecule has 0 spiro atoms. The molecule has 1 aromatic carbocycles. The Morgan fingerprint density at radius 2 is 1.81 bits per heavy atom. The smallest absolute Gasteiger partial charge is 0.142 e. The second kappa shape index (κ2) is 6.12. The van der Waals surface area contributed by atoms with Gasteiger partial charge in [-0.15, -0.1) is 0 Å². The van der Waals surface area contributed by atoms with Crippen LogP contribution >= 0.6 is 0 Å². The number of aromatic nitrogens is 1. The molecule has 0 atom stereocenters. The molecule has 3 nitrogen and oxygen atoms in total. The Hall–Kier alpha value is -2.10. The molecule has 0 amide bonds. The minimum atomic E-state index is -0.387. The van der Waals surface area contributed by atoms with Crippen LogP contribution in [-0.2, 0) is 0 Å². The quantitative estimate of drug-likeness (QED) is 0.920. The molecule has 21 heavy (non-hydrogen) atoms. The molecule has 0 aliphatic heterocycles. The average molecular weight is 286 g/mol. The van der Waals surface area contributed by atoms with Crippen LogP contribution in [0.2, 0.25) is 0 Å². The SMILES string of the molecule is Nc1ncc(F)cc1-c1ccc(OC2CCCCC2)cc1. The van der Waals surface area contributed by atoms with Crippen LogP contribution in [0.15, 0.2) is 36.5 Å². The van der Waals surface area contributed by atoms with Crippen molar-refractivity contribution in [3.63, 3.8) is 0 Å². The van der Waals surface area contributed by atoms with Gasteiger partial charge in [0.1, 0.15) is 17.4 Å². The number of hydrogen-bond acceptors (Lipinski definition) is 3. The fourth-order valence-electron chi connectivity index (χ4n) is 2.77. The summed E-state index contributed by atoms with van der Waals surface area (Å²) in [4.78, 5) is 3.84. The largest absolute Gasteiger partial charge is 0.490 e. The van der Waals surface area contributed by atoms with E-state index in [2.05, 4.69) is 4.98 Å². The van der Waals surface area contributed by atoms with Gasteiger partial charge in [-0.1, -0.05) is 18.6 Å². The Morgan fingerprint density at radius 1 is 1.10 bits per heavy atom.